The number of benzene rings is 1. The smallest absolute Gasteiger partial charge is 0.482 e. The van der Waals surface area contributed by atoms with Crippen molar-refractivity contribution in [2.45, 2.75) is 0 Å². The van der Waals surface area contributed by atoms with Crippen molar-refractivity contribution in [3.8, 4) is 5.75 Å². The lowest BCUT2D eigenvalue weighted by Crippen LogP contribution is -1.75. The molecule has 0 aliphatic carbocycles. The third kappa shape index (κ3) is 5.15. The van der Waals surface area contributed by atoms with Crippen LogP contribution in [0.2, 0.25) is 0 Å². The quantitative estimate of drug-likeness (QED) is 0.439. The van der Waals surface area contributed by atoms with Crippen LogP contribution in [0, 0.1) is 0 Å². The summed E-state index contributed by atoms with van der Waals surface area (Å²) in [7, 11) is 0. The minimum Gasteiger partial charge on any atom is -0.508 e. The van der Waals surface area contributed by atoms with Gasteiger partial charge in [0.25, 0.3) is 0 Å². The molecule has 0 aromatic heterocycles. The molecule has 1 rings (SSSR count). The zero-order valence-electron chi connectivity index (χ0n) is 5.31. The van der Waals surface area contributed by atoms with Gasteiger partial charge in [-0.15, -0.1) is 0 Å². The van der Waals surface area contributed by atoms with E-state index in [0.29, 0.717) is 5.75 Å². The van der Waals surface area contributed by atoms with Crippen molar-refractivity contribution >= 4 is 7.69 Å². The summed E-state index contributed by atoms with van der Waals surface area (Å²) in [6, 6.07) is 8.71. The van der Waals surface area contributed by atoms with E-state index in [1.54, 1.807) is 24.3 Å². The Bertz CT molecular complexity index is 154. The Balaban J connectivity index is 0.000000236. The molecular formula is C6H8BO3. The van der Waals surface area contributed by atoms with Crippen LogP contribution >= 0.6 is 0 Å². The van der Waals surface area contributed by atoms with Crippen molar-refractivity contribution < 1.29 is 15.2 Å². The zero-order valence-corrected chi connectivity index (χ0v) is 5.31. The van der Waals surface area contributed by atoms with E-state index in [4.69, 9.17) is 15.2 Å². The normalized spacial score (nSPS) is 7.40. The van der Waals surface area contributed by atoms with Crippen molar-refractivity contribution in [2.24, 2.45) is 0 Å². The van der Waals surface area contributed by atoms with Gasteiger partial charge in [-0.2, -0.15) is 0 Å². The molecular weight excluding hydrogens is 131 g/mol. The average Bonchev–Trinajstić information content (AvgIpc) is 1.91. The number of phenols is 1. The van der Waals surface area contributed by atoms with E-state index in [2.05, 4.69) is 0 Å². The van der Waals surface area contributed by atoms with Gasteiger partial charge in [0.15, 0.2) is 0 Å². The third-order valence-corrected chi connectivity index (χ3v) is 0.756. The molecule has 0 unspecified atom stereocenters. The van der Waals surface area contributed by atoms with Crippen LogP contribution < -0.4 is 0 Å². The van der Waals surface area contributed by atoms with Crippen LogP contribution in [-0.4, -0.2) is 22.8 Å². The van der Waals surface area contributed by atoms with E-state index in [-0.39, 0.29) is 7.69 Å². The molecule has 1 aromatic rings. The first-order valence-electron chi connectivity index (χ1n) is 2.65. The topological polar surface area (TPSA) is 60.7 Å². The second-order valence-electron chi connectivity index (χ2n) is 1.45. The number of hydrogen-bond acceptors (Lipinski definition) is 3. The molecule has 10 heavy (non-hydrogen) atoms. The van der Waals surface area contributed by atoms with Gasteiger partial charge in [0.1, 0.15) is 5.75 Å². The Kier molecular flexibility index (Phi) is 5.52. The predicted octanol–water partition coefficient (Wildman–Crippen LogP) is -0.103. The van der Waals surface area contributed by atoms with Crippen molar-refractivity contribution in [3.63, 3.8) is 0 Å². The van der Waals surface area contributed by atoms with E-state index in [9.17, 15) is 0 Å². The molecule has 3 nitrogen and oxygen atoms in total. The maximum atomic E-state index is 8.63. The summed E-state index contributed by atoms with van der Waals surface area (Å²) in [4.78, 5) is 0. The van der Waals surface area contributed by atoms with E-state index in [1.165, 1.54) is 0 Å². The molecule has 0 aliphatic rings. The van der Waals surface area contributed by atoms with Crippen LogP contribution in [0.1, 0.15) is 0 Å². The van der Waals surface area contributed by atoms with Gasteiger partial charge in [0.2, 0.25) is 0 Å². The van der Waals surface area contributed by atoms with Gasteiger partial charge in [-0.25, -0.2) is 0 Å². The van der Waals surface area contributed by atoms with Gasteiger partial charge in [-0.05, 0) is 12.1 Å². The van der Waals surface area contributed by atoms with Gasteiger partial charge < -0.3 is 15.2 Å². The molecule has 0 amide bonds. The molecule has 0 bridgehead atoms. The Labute approximate surface area is 59.9 Å². The Hall–Kier alpha value is -0.995. The van der Waals surface area contributed by atoms with E-state index < -0.39 is 0 Å². The lowest BCUT2D eigenvalue weighted by atomic mass is 10.3. The second kappa shape index (κ2) is 6.13. The summed E-state index contributed by atoms with van der Waals surface area (Å²) in [5.74, 6) is 0.322. The fourth-order valence-electron chi connectivity index (χ4n) is 0.428. The lowest BCUT2D eigenvalue weighted by Gasteiger charge is -1.82. The molecule has 0 aliphatic heterocycles. The van der Waals surface area contributed by atoms with Gasteiger partial charge in [-0.3, -0.25) is 0 Å². The Morgan fingerprint density at radius 3 is 1.60 bits per heavy atom. The van der Waals surface area contributed by atoms with Crippen LogP contribution in [0.5, 0.6) is 5.75 Å². The predicted molar refractivity (Wildman–Crippen MR) is 38.3 cm³/mol. The van der Waals surface area contributed by atoms with Gasteiger partial charge >= 0.3 is 7.69 Å². The minimum atomic E-state index is 0. The Morgan fingerprint density at radius 1 is 1.00 bits per heavy atom. The number of phenolic OH excluding ortho intramolecular Hbond substituents is 1. The van der Waals surface area contributed by atoms with E-state index in [1.807, 2.05) is 6.07 Å². The highest BCUT2D eigenvalue weighted by molar-refractivity contribution is 6.13. The molecule has 53 valence electrons. The van der Waals surface area contributed by atoms with Crippen LogP contribution in [0.4, 0.5) is 0 Å². The molecule has 3 N–H and O–H groups in total. The number of aromatic hydroxyl groups is 1. The molecule has 4 heteroatoms. The number of rotatable bonds is 0. The molecule has 0 spiro atoms. The van der Waals surface area contributed by atoms with Gasteiger partial charge in [0.05, 0.1) is 0 Å². The molecule has 0 atom stereocenters. The summed E-state index contributed by atoms with van der Waals surface area (Å²) in [6.45, 7) is 0. The molecule has 0 saturated carbocycles. The first-order chi connectivity index (χ1) is 4.81. The SMILES string of the molecule is O[B]O.Oc1ccccc1. The molecule has 1 radical (unpaired) electrons. The molecule has 1 aromatic carbocycles. The Morgan fingerprint density at radius 2 is 1.40 bits per heavy atom. The summed E-state index contributed by atoms with van der Waals surface area (Å²) in [5, 5.41) is 22.6. The third-order valence-electron chi connectivity index (χ3n) is 0.756. The largest absolute Gasteiger partial charge is 0.508 e. The number of para-hydroxylation sites is 1. The van der Waals surface area contributed by atoms with Gasteiger partial charge in [0, 0.05) is 0 Å². The highest BCUT2D eigenvalue weighted by Crippen LogP contribution is 2.02. The molecule has 0 heterocycles. The van der Waals surface area contributed by atoms with Crippen molar-refractivity contribution in [1.82, 2.24) is 0 Å². The lowest BCUT2D eigenvalue weighted by molar-refractivity contribution is 0.448. The van der Waals surface area contributed by atoms with Crippen LogP contribution in [-0.2, 0) is 0 Å². The average molecular weight is 139 g/mol. The van der Waals surface area contributed by atoms with Gasteiger partial charge in [-0.1, -0.05) is 18.2 Å². The van der Waals surface area contributed by atoms with Crippen LogP contribution in [0.3, 0.4) is 0 Å². The highest BCUT2D eigenvalue weighted by Gasteiger charge is 1.74. The maximum absolute atomic E-state index is 8.63. The van der Waals surface area contributed by atoms with Crippen molar-refractivity contribution in [2.75, 3.05) is 0 Å². The van der Waals surface area contributed by atoms with E-state index >= 15 is 0 Å². The second-order valence-corrected chi connectivity index (χ2v) is 1.45. The van der Waals surface area contributed by atoms with Crippen molar-refractivity contribution in [1.29, 1.82) is 0 Å². The number of hydrogen-bond donors (Lipinski definition) is 3. The van der Waals surface area contributed by atoms with E-state index in [0.717, 1.165) is 0 Å². The van der Waals surface area contributed by atoms with Crippen LogP contribution in [0.15, 0.2) is 30.3 Å². The summed E-state index contributed by atoms with van der Waals surface area (Å²) in [6.07, 6.45) is 0. The summed E-state index contributed by atoms with van der Waals surface area (Å²) < 4.78 is 0. The fourth-order valence-corrected chi connectivity index (χ4v) is 0.428. The van der Waals surface area contributed by atoms with Crippen molar-refractivity contribution in [3.05, 3.63) is 30.3 Å². The zero-order chi connectivity index (χ0) is 7.82. The molecule has 0 fully saturated rings. The first-order valence-corrected chi connectivity index (χ1v) is 2.65. The molecule has 0 saturated heterocycles. The fraction of sp³-hybridized carbons (Fsp3) is 0. The monoisotopic (exact) mass is 139 g/mol. The standard InChI is InChI=1S/C6H6O.BH2O2/c7-6-4-2-1-3-5-6;2-1-3/h1-5,7H;2-3H. The summed E-state index contributed by atoms with van der Waals surface area (Å²) >= 11 is 0. The van der Waals surface area contributed by atoms with Crippen LogP contribution in [0.25, 0.3) is 0 Å². The maximum Gasteiger partial charge on any atom is 0.482 e. The summed E-state index contributed by atoms with van der Waals surface area (Å²) in [5.41, 5.74) is 0. The highest BCUT2D eigenvalue weighted by atomic mass is 16.4. The first kappa shape index (κ1) is 9.00. The minimum absolute atomic E-state index is 0.